The molecule has 0 spiro atoms. The van der Waals surface area contributed by atoms with E-state index < -0.39 is 24.7 Å². The van der Waals surface area contributed by atoms with E-state index in [2.05, 4.69) is 0 Å². The Bertz CT molecular complexity index is 1180. The highest BCUT2D eigenvalue weighted by Gasteiger charge is 2.35. The van der Waals surface area contributed by atoms with Crippen LogP contribution in [0.1, 0.15) is 28.3 Å². The molecule has 1 aliphatic heterocycles. The van der Waals surface area contributed by atoms with E-state index >= 15 is 0 Å². The van der Waals surface area contributed by atoms with Crippen molar-refractivity contribution in [2.75, 3.05) is 13.2 Å². The van der Waals surface area contributed by atoms with Crippen molar-refractivity contribution in [2.24, 2.45) is 0 Å². The standard InChI is InChI=1S/C25H21Cl2NO5/c26-18-6-3-4-16(12-18)14-33-25(31)28-11-10-17-5-1-2-7-20(17)24(28)21-13-19(27)8-9-22(21)32-15-23(29)30/h1-9,12-13,24H,10-11,14-15H2,(H,29,30). The molecule has 0 bridgehead atoms. The fourth-order valence-electron chi connectivity index (χ4n) is 3.96. The zero-order chi connectivity index (χ0) is 23.4. The predicted molar refractivity (Wildman–Crippen MR) is 125 cm³/mol. The summed E-state index contributed by atoms with van der Waals surface area (Å²) in [6.45, 7) is -0.0225. The van der Waals surface area contributed by atoms with Crippen LogP contribution in [0.15, 0.2) is 66.7 Å². The molecule has 1 amide bonds. The van der Waals surface area contributed by atoms with E-state index in [4.69, 9.17) is 37.8 Å². The van der Waals surface area contributed by atoms with Crippen molar-refractivity contribution in [3.05, 3.63) is 99.0 Å². The second-order valence-corrected chi connectivity index (χ2v) is 8.47. The van der Waals surface area contributed by atoms with Crippen LogP contribution in [0.3, 0.4) is 0 Å². The van der Waals surface area contributed by atoms with Gasteiger partial charge in [0.15, 0.2) is 6.61 Å². The molecular weight excluding hydrogens is 465 g/mol. The number of carbonyl (C=O) groups excluding carboxylic acids is 1. The highest BCUT2D eigenvalue weighted by molar-refractivity contribution is 6.31. The SMILES string of the molecule is O=C(O)COc1ccc(Cl)cc1C1c2ccccc2CCN1C(=O)OCc1cccc(Cl)c1. The van der Waals surface area contributed by atoms with Crippen LogP contribution < -0.4 is 4.74 Å². The molecule has 4 rings (SSSR count). The van der Waals surface area contributed by atoms with Crippen molar-refractivity contribution in [3.63, 3.8) is 0 Å². The number of amides is 1. The second kappa shape index (κ2) is 10.1. The number of halogens is 2. The fraction of sp³-hybridized carbons (Fsp3) is 0.200. The van der Waals surface area contributed by atoms with Gasteiger partial charge in [-0.1, -0.05) is 59.6 Å². The average Bonchev–Trinajstić information content (AvgIpc) is 2.81. The molecule has 33 heavy (non-hydrogen) atoms. The zero-order valence-corrected chi connectivity index (χ0v) is 19.1. The van der Waals surface area contributed by atoms with E-state index in [0.717, 1.165) is 16.7 Å². The smallest absolute Gasteiger partial charge is 0.410 e. The predicted octanol–water partition coefficient (Wildman–Crippen LogP) is 5.74. The molecule has 0 aromatic heterocycles. The van der Waals surface area contributed by atoms with Crippen LogP contribution in [0.5, 0.6) is 5.75 Å². The molecule has 0 fully saturated rings. The molecular formula is C25H21Cl2NO5. The molecule has 6 nitrogen and oxygen atoms in total. The van der Waals surface area contributed by atoms with Crippen LogP contribution in [0.2, 0.25) is 10.0 Å². The number of carbonyl (C=O) groups is 2. The van der Waals surface area contributed by atoms with Gasteiger partial charge in [-0.2, -0.15) is 0 Å². The Morgan fingerprint density at radius 2 is 1.76 bits per heavy atom. The summed E-state index contributed by atoms with van der Waals surface area (Å²) in [6.07, 6.45) is 0.156. The van der Waals surface area contributed by atoms with E-state index in [1.165, 1.54) is 0 Å². The Balaban J connectivity index is 1.68. The number of aliphatic carboxylic acids is 1. The number of rotatable bonds is 6. The van der Waals surface area contributed by atoms with Crippen molar-refractivity contribution >= 4 is 35.3 Å². The van der Waals surface area contributed by atoms with E-state index in [9.17, 15) is 9.59 Å². The molecule has 170 valence electrons. The first-order valence-electron chi connectivity index (χ1n) is 10.3. The van der Waals surface area contributed by atoms with Gasteiger partial charge in [0, 0.05) is 22.2 Å². The van der Waals surface area contributed by atoms with E-state index in [1.807, 2.05) is 30.3 Å². The largest absolute Gasteiger partial charge is 0.482 e. The molecule has 3 aromatic carbocycles. The second-order valence-electron chi connectivity index (χ2n) is 7.59. The lowest BCUT2D eigenvalue weighted by molar-refractivity contribution is -0.139. The topological polar surface area (TPSA) is 76.1 Å². The van der Waals surface area contributed by atoms with Crippen LogP contribution in [0, 0.1) is 0 Å². The summed E-state index contributed by atoms with van der Waals surface area (Å²) < 4.78 is 11.2. The van der Waals surface area contributed by atoms with Gasteiger partial charge in [0.05, 0.1) is 6.04 Å². The summed E-state index contributed by atoms with van der Waals surface area (Å²) in [6, 6.07) is 19.3. The van der Waals surface area contributed by atoms with Gasteiger partial charge >= 0.3 is 12.1 Å². The van der Waals surface area contributed by atoms with Crippen LogP contribution in [-0.4, -0.2) is 35.2 Å². The number of benzene rings is 3. The molecule has 0 saturated carbocycles. The van der Waals surface area contributed by atoms with Crippen LogP contribution in [0.4, 0.5) is 4.79 Å². The minimum Gasteiger partial charge on any atom is -0.482 e. The Labute approximate surface area is 201 Å². The van der Waals surface area contributed by atoms with Gasteiger partial charge in [0.1, 0.15) is 12.4 Å². The third-order valence-electron chi connectivity index (χ3n) is 5.39. The van der Waals surface area contributed by atoms with Crippen molar-refractivity contribution in [1.29, 1.82) is 0 Å². The zero-order valence-electron chi connectivity index (χ0n) is 17.5. The average molecular weight is 486 g/mol. The van der Waals surface area contributed by atoms with Gasteiger partial charge in [0.25, 0.3) is 0 Å². The highest BCUT2D eigenvalue weighted by Crippen LogP contribution is 2.40. The number of carboxylic acid groups (broad SMARTS) is 1. The molecule has 1 aliphatic rings. The molecule has 1 heterocycles. The third-order valence-corrected chi connectivity index (χ3v) is 5.86. The van der Waals surface area contributed by atoms with Gasteiger partial charge in [-0.3, -0.25) is 4.90 Å². The summed E-state index contributed by atoms with van der Waals surface area (Å²) in [4.78, 5) is 25.9. The normalized spacial score (nSPS) is 15.0. The van der Waals surface area contributed by atoms with Gasteiger partial charge < -0.3 is 14.6 Å². The molecule has 1 atom stereocenters. The first kappa shape index (κ1) is 23.0. The maximum absolute atomic E-state index is 13.2. The lowest BCUT2D eigenvalue weighted by Gasteiger charge is -2.37. The van der Waals surface area contributed by atoms with Gasteiger partial charge in [-0.05, 0) is 53.4 Å². The van der Waals surface area contributed by atoms with Gasteiger partial charge in [-0.15, -0.1) is 0 Å². The first-order valence-corrected chi connectivity index (χ1v) is 11.1. The van der Waals surface area contributed by atoms with Crippen LogP contribution in [-0.2, 0) is 22.6 Å². The van der Waals surface area contributed by atoms with Crippen LogP contribution >= 0.6 is 23.2 Å². The molecule has 0 radical (unpaired) electrons. The Morgan fingerprint density at radius 1 is 0.970 bits per heavy atom. The molecule has 8 heteroatoms. The maximum Gasteiger partial charge on any atom is 0.410 e. The molecule has 1 N–H and O–H groups in total. The molecule has 3 aromatic rings. The van der Waals surface area contributed by atoms with Gasteiger partial charge in [0.2, 0.25) is 0 Å². The Hall–Kier alpha value is -3.22. The van der Waals surface area contributed by atoms with Gasteiger partial charge in [-0.25, -0.2) is 9.59 Å². The monoisotopic (exact) mass is 485 g/mol. The number of hydrogen-bond acceptors (Lipinski definition) is 4. The summed E-state index contributed by atoms with van der Waals surface area (Å²) in [5, 5.41) is 10.1. The molecule has 0 aliphatic carbocycles. The maximum atomic E-state index is 13.2. The summed E-state index contributed by atoms with van der Waals surface area (Å²) in [7, 11) is 0. The molecule has 0 saturated heterocycles. The summed E-state index contributed by atoms with van der Waals surface area (Å²) in [5.74, 6) is -0.756. The Kier molecular flexibility index (Phi) is 7.06. The van der Waals surface area contributed by atoms with Crippen molar-refractivity contribution in [3.8, 4) is 5.75 Å². The number of fused-ring (bicyclic) bond motifs is 1. The third kappa shape index (κ3) is 5.41. The van der Waals surface area contributed by atoms with Crippen molar-refractivity contribution in [1.82, 2.24) is 4.90 Å². The number of nitrogens with zero attached hydrogens (tertiary/aromatic N) is 1. The van der Waals surface area contributed by atoms with E-state index in [1.54, 1.807) is 41.3 Å². The minimum absolute atomic E-state index is 0.0716. The fourth-order valence-corrected chi connectivity index (χ4v) is 4.35. The molecule has 1 unspecified atom stereocenters. The lowest BCUT2D eigenvalue weighted by Crippen LogP contribution is -2.41. The highest BCUT2D eigenvalue weighted by atomic mass is 35.5. The number of ether oxygens (including phenoxy) is 2. The van der Waals surface area contributed by atoms with Crippen LogP contribution in [0.25, 0.3) is 0 Å². The quantitative estimate of drug-likeness (QED) is 0.481. The lowest BCUT2D eigenvalue weighted by atomic mass is 9.88. The number of hydrogen-bond donors (Lipinski definition) is 1. The van der Waals surface area contributed by atoms with E-state index in [0.29, 0.717) is 34.3 Å². The minimum atomic E-state index is -1.10. The Morgan fingerprint density at radius 3 is 2.55 bits per heavy atom. The van der Waals surface area contributed by atoms with Crippen molar-refractivity contribution < 1.29 is 24.2 Å². The summed E-state index contributed by atoms with van der Waals surface area (Å²) >= 11 is 12.3. The van der Waals surface area contributed by atoms with Crippen molar-refractivity contribution in [2.45, 2.75) is 19.1 Å². The van der Waals surface area contributed by atoms with E-state index in [-0.39, 0.29) is 6.61 Å². The first-order chi connectivity index (χ1) is 15.9. The number of carboxylic acids is 1. The summed E-state index contributed by atoms with van der Waals surface area (Å²) in [5.41, 5.74) is 3.37.